The number of fused-ring (bicyclic) bond motifs is 4. The molecule has 6 heteroatoms. The molecule has 2 aliphatic rings. The van der Waals surface area contributed by atoms with Crippen LogP contribution in [-0.2, 0) is 14.6 Å². The van der Waals surface area contributed by atoms with Crippen LogP contribution in [0.4, 0.5) is 0 Å². The van der Waals surface area contributed by atoms with Crippen LogP contribution in [0.15, 0.2) is 53.4 Å². The van der Waals surface area contributed by atoms with Gasteiger partial charge in [0.1, 0.15) is 5.75 Å². The molecule has 1 saturated heterocycles. The van der Waals surface area contributed by atoms with Crippen LogP contribution < -0.4 is 4.74 Å². The van der Waals surface area contributed by atoms with Gasteiger partial charge in [-0.25, -0.2) is 8.42 Å². The number of likely N-dealkylation sites (tertiary alicyclic amines) is 1. The number of carbonyl (C=O) groups is 1. The predicted molar refractivity (Wildman–Crippen MR) is 97.8 cm³/mol. The number of ether oxygens (including phenoxy) is 1. The first-order valence-electron chi connectivity index (χ1n) is 8.60. The van der Waals surface area contributed by atoms with Gasteiger partial charge in [0.2, 0.25) is 5.91 Å². The highest BCUT2D eigenvalue weighted by Crippen LogP contribution is 2.49. The van der Waals surface area contributed by atoms with Crippen LogP contribution in [0, 0.1) is 6.92 Å². The molecule has 0 N–H and O–H groups in total. The maximum absolute atomic E-state index is 13.4. The summed E-state index contributed by atoms with van der Waals surface area (Å²) in [4.78, 5) is 14.7. The van der Waals surface area contributed by atoms with E-state index in [0.29, 0.717) is 12.2 Å². The van der Waals surface area contributed by atoms with E-state index in [1.54, 1.807) is 31.3 Å². The SMILES string of the molecule is Cc1ccc(S(=O)(=O)[C@@H]2C(=O)N(C)[C@@]3(C)C[C@H]2c2ccccc2O3)cc1. The second kappa shape index (κ2) is 5.58. The average Bonchev–Trinajstić information content (AvgIpc) is 2.60. The molecule has 4 rings (SSSR count). The molecule has 0 radical (unpaired) electrons. The summed E-state index contributed by atoms with van der Waals surface area (Å²) in [7, 11) is -2.21. The van der Waals surface area contributed by atoms with Crippen LogP contribution in [-0.4, -0.2) is 37.2 Å². The van der Waals surface area contributed by atoms with Crippen molar-refractivity contribution in [3.8, 4) is 5.75 Å². The summed E-state index contributed by atoms with van der Waals surface area (Å²) >= 11 is 0. The lowest BCUT2D eigenvalue weighted by Crippen LogP contribution is -2.64. The highest BCUT2D eigenvalue weighted by molar-refractivity contribution is 7.92. The van der Waals surface area contributed by atoms with Gasteiger partial charge in [-0.05, 0) is 37.6 Å². The van der Waals surface area contributed by atoms with Crippen LogP contribution in [0.1, 0.15) is 30.4 Å². The molecule has 2 bridgehead atoms. The van der Waals surface area contributed by atoms with Crippen LogP contribution in [0.3, 0.4) is 0 Å². The maximum atomic E-state index is 13.4. The Balaban J connectivity index is 1.89. The predicted octanol–water partition coefficient (Wildman–Crippen LogP) is 2.89. The highest BCUT2D eigenvalue weighted by atomic mass is 32.2. The fourth-order valence-electron chi connectivity index (χ4n) is 3.97. The zero-order valence-electron chi connectivity index (χ0n) is 15.0. The molecule has 26 heavy (non-hydrogen) atoms. The Hall–Kier alpha value is -2.34. The molecule has 0 aromatic heterocycles. The number of aryl methyl sites for hydroxylation is 1. The third-order valence-corrected chi connectivity index (χ3v) is 7.71. The van der Waals surface area contributed by atoms with Crippen molar-refractivity contribution >= 4 is 15.7 Å². The Bertz CT molecular complexity index is 983. The normalized spacial score (nSPS) is 27.7. The summed E-state index contributed by atoms with van der Waals surface area (Å²) in [6.07, 6.45) is 0.446. The number of carbonyl (C=O) groups excluding carboxylic acids is 1. The van der Waals surface area contributed by atoms with Gasteiger partial charge in [-0.15, -0.1) is 0 Å². The monoisotopic (exact) mass is 371 g/mol. The van der Waals surface area contributed by atoms with Crippen molar-refractivity contribution in [3.05, 3.63) is 59.7 Å². The van der Waals surface area contributed by atoms with Gasteiger partial charge in [-0.2, -0.15) is 0 Å². The summed E-state index contributed by atoms with van der Waals surface area (Å²) < 4.78 is 32.8. The second-order valence-electron chi connectivity index (χ2n) is 7.30. The summed E-state index contributed by atoms with van der Waals surface area (Å²) in [6, 6.07) is 14.1. The molecule has 1 fully saturated rings. The van der Waals surface area contributed by atoms with Crippen molar-refractivity contribution < 1.29 is 17.9 Å². The Morgan fingerprint density at radius 3 is 2.46 bits per heavy atom. The van der Waals surface area contributed by atoms with Gasteiger partial charge in [0, 0.05) is 19.4 Å². The minimum Gasteiger partial charge on any atom is -0.468 e. The summed E-state index contributed by atoms with van der Waals surface area (Å²) in [5.74, 6) is -0.200. The van der Waals surface area contributed by atoms with E-state index in [2.05, 4.69) is 0 Å². The lowest BCUT2D eigenvalue weighted by molar-refractivity contribution is -0.159. The van der Waals surface area contributed by atoms with Gasteiger partial charge in [-0.1, -0.05) is 35.9 Å². The largest absolute Gasteiger partial charge is 0.468 e. The minimum atomic E-state index is -3.83. The third kappa shape index (κ3) is 2.35. The van der Waals surface area contributed by atoms with Crippen molar-refractivity contribution in [1.29, 1.82) is 0 Å². The molecule has 5 nitrogen and oxygen atoms in total. The third-order valence-electron chi connectivity index (χ3n) is 5.58. The van der Waals surface area contributed by atoms with Crippen LogP contribution in [0.25, 0.3) is 0 Å². The van der Waals surface area contributed by atoms with Crippen LogP contribution >= 0.6 is 0 Å². The maximum Gasteiger partial charge on any atom is 0.244 e. The van der Waals surface area contributed by atoms with E-state index < -0.39 is 32.6 Å². The first kappa shape index (κ1) is 17.1. The number of amides is 1. The van der Waals surface area contributed by atoms with Crippen molar-refractivity contribution in [3.63, 3.8) is 0 Å². The van der Waals surface area contributed by atoms with Gasteiger partial charge in [-0.3, -0.25) is 4.79 Å². The molecule has 0 saturated carbocycles. The Kier molecular flexibility index (Phi) is 3.67. The van der Waals surface area contributed by atoms with E-state index in [4.69, 9.17) is 4.74 Å². The van der Waals surface area contributed by atoms with Gasteiger partial charge in [0.05, 0.1) is 4.90 Å². The van der Waals surface area contributed by atoms with Crippen LogP contribution in [0.5, 0.6) is 5.75 Å². The molecule has 0 unspecified atom stereocenters. The first-order chi connectivity index (χ1) is 12.2. The fourth-order valence-corrected chi connectivity index (χ4v) is 5.88. The molecule has 0 spiro atoms. The summed E-state index contributed by atoms with van der Waals surface area (Å²) in [6.45, 7) is 3.73. The number of rotatable bonds is 2. The first-order valence-corrected chi connectivity index (χ1v) is 10.1. The number of sulfone groups is 1. The fraction of sp³-hybridized carbons (Fsp3) is 0.350. The zero-order chi connectivity index (χ0) is 18.7. The molecular formula is C20H21NO4S. The lowest BCUT2D eigenvalue weighted by Gasteiger charge is -2.51. The number of hydrogen-bond donors (Lipinski definition) is 0. The average molecular weight is 371 g/mol. The molecule has 2 heterocycles. The number of hydrogen-bond acceptors (Lipinski definition) is 4. The van der Waals surface area contributed by atoms with E-state index >= 15 is 0 Å². The second-order valence-corrected chi connectivity index (χ2v) is 9.37. The number of benzene rings is 2. The molecule has 0 aliphatic carbocycles. The Morgan fingerprint density at radius 2 is 1.77 bits per heavy atom. The lowest BCUT2D eigenvalue weighted by atomic mass is 9.80. The van der Waals surface area contributed by atoms with E-state index in [1.165, 1.54) is 4.90 Å². The summed E-state index contributed by atoms with van der Waals surface area (Å²) in [5, 5.41) is -1.15. The Labute approximate surface area is 153 Å². The minimum absolute atomic E-state index is 0.183. The topological polar surface area (TPSA) is 63.7 Å². The number of nitrogens with zero attached hydrogens (tertiary/aromatic N) is 1. The smallest absolute Gasteiger partial charge is 0.244 e. The zero-order valence-corrected chi connectivity index (χ0v) is 15.8. The standard InChI is InChI=1S/C20H21NO4S/c1-13-8-10-14(11-9-13)26(23,24)18-16-12-20(2,21(3)19(18)22)25-17-7-5-4-6-15(16)17/h4-11,16,18H,12H2,1-3H3/t16-,18-,20+/m0/s1. The van der Waals surface area contributed by atoms with Crippen LogP contribution in [0.2, 0.25) is 0 Å². The van der Waals surface area contributed by atoms with E-state index in [-0.39, 0.29) is 4.90 Å². The summed E-state index contributed by atoms with van der Waals surface area (Å²) in [5.41, 5.74) is 0.919. The van der Waals surface area contributed by atoms with Crippen molar-refractivity contribution in [1.82, 2.24) is 4.90 Å². The van der Waals surface area contributed by atoms with Crippen molar-refractivity contribution in [2.45, 2.75) is 42.1 Å². The molecular weight excluding hydrogens is 350 g/mol. The van der Waals surface area contributed by atoms with E-state index in [9.17, 15) is 13.2 Å². The van der Waals surface area contributed by atoms with Crippen molar-refractivity contribution in [2.75, 3.05) is 7.05 Å². The molecule has 1 amide bonds. The molecule has 3 atom stereocenters. The van der Waals surface area contributed by atoms with Gasteiger partial charge < -0.3 is 9.64 Å². The van der Waals surface area contributed by atoms with Gasteiger partial charge >= 0.3 is 0 Å². The van der Waals surface area contributed by atoms with E-state index in [1.807, 2.05) is 38.1 Å². The quantitative estimate of drug-likeness (QED) is 0.814. The molecule has 2 aromatic carbocycles. The van der Waals surface area contributed by atoms with Crippen molar-refractivity contribution in [2.24, 2.45) is 0 Å². The molecule has 2 aromatic rings. The molecule has 136 valence electrons. The molecule has 2 aliphatic heterocycles. The number of para-hydroxylation sites is 1. The Morgan fingerprint density at radius 1 is 1.12 bits per heavy atom. The van der Waals surface area contributed by atoms with Gasteiger partial charge in [0.15, 0.2) is 20.8 Å². The van der Waals surface area contributed by atoms with Gasteiger partial charge in [0.25, 0.3) is 0 Å². The number of piperidine rings is 1. The van der Waals surface area contributed by atoms with E-state index in [0.717, 1.165) is 11.1 Å². The highest BCUT2D eigenvalue weighted by Gasteiger charge is 2.56.